The molecule has 0 unspecified atom stereocenters. The van der Waals surface area contributed by atoms with Gasteiger partial charge < -0.3 is 36.2 Å². The Bertz CT molecular complexity index is 1210. The maximum atomic E-state index is 13.1. The molecule has 39 heavy (non-hydrogen) atoms. The van der Waals surface area contributed by atoms with Crippen LogP contribution in [0.4, 0.5) is 4.79 Å². The number of carbonyl (C=O) groups excluding carboxylic acids is 5. The number of para-hydroxylation sites is 1. The van der Waals surface area contributed by atoms with Gasteiger partial charge in [0.2, 0.25) is 17.7 Å². The number of nitrogens with zero attached hydrogens (tertiary/aromatic N) is 1. The van der Waals surface area contributed by atoms with Crippen molar-refractivity contribution >= 4 is 29.7 Å². The van der Waals surface area contributed by atoms with Crippen LogP contribution in [0.5, 0.6) is 5.75 Å². The van der Waals surface area contributed by atoms with Crippen molar-refractivity contribution < 1.29 is 28.7 Å². The molecule has 0 aliphatic carbocycles. The molecule has 4 rings (SSSR count). The summed E-state index contributed by atoms with van der Waals surface area (Å²) in [7, 11) is 0. The van der Waals surface area contributed by atoms with Crippen LogP contribution < -0.4 is 31.3 Å². The van der Waals surface area contributed by atoms with Crippen LogP contribution in [0.1, 0.15) is 22.3 Å². The van der Waals surface area contributed by atoms with Crippen molar-refractivity contribution in [1.29, 1.82) is 0 Å². The zero-order valence-electron chi connectivity index (χ0n) is 21.4. The third-order valence-electron chi connectivity index (χ3n) is 6.36. The van der Waals surface area contributed by atoms with Gasteiger partial charge in [0, 0.05) is 32.6 Å². The minimum atomic E-state index is -1.23. The summed E-state index contributed by atoms with van der Waals surface area (Å²) in [6.45, 7) is 1.73. The van der Waals surface area contributed by atoms with Gasteiger partial charge in [-0.15, -0.1) is 0 Å². The van der Waals surface area contributed by atoms with Crippen molar-refractivity contribution in [1.82, 2.24) is 31.5 Å². The topological polar surface area (TPSA) is 158 Å². The van der Waals surface area contributed by atoms with E-state index in [0.29, 0.717) is 13.1 Å². The van der Waals surface area contributed by atoms with Gasteiger partial charge >= 0.3 is 6.03 Å². The summed E-state index contributed by atoms with van der Waals surface area (Å²) in [5.74, 6) is -1.86. The molecule has 2 aliphatic heterocycles. The minimum absolute atomic E-state index is 0.0933. The first-order chi connectivity index (χ1) is 18.9. The Hall–Kier alpha value is -4.61. The molecule has 1 fully saturated rings. The predicted octanol–water partition coefficient (Wildman–Crippen LogP) is -0.447. The number of urea groups is 1. The Morgan fingerprint density at radius 2 is 1.72 bits per heavy atom. The van der Waals surface area contributed by atoms with Crippen molar-refractivity contribution in [3.63, 3.8) is 0 Å². The quantitative estimate of drug-likeness (QED) is 0.337. The summed E-state index contributed by atoms with van der Waals surface area (Å²) in [4.78, 5) is 65.6. The number of carbonyl (C=O) groups is 5. The van der Waals surface area contributed by atoms with Gasteiger partial charge in [0.25, 0.3) is 5.91 Å². The van der Waals surface area contributed by atoms with Gasteiger partial charge in [-0.25, -0.2) is 4.79 Å². The second kappa shape index (κ2) is 13.3. The fraction of sp³-hybridized carbons (Fsp3) is 0.370. The molecule has 2 aromatic carbocycles. The van der Waals surface area contributed by atoms with Crippen molar-refractivity contribution in [2.45, 2.75) is 24.9 Å². The number of amides is 6. The molecule has 0 radical (unpaired) electrons. The van der Waals surface area contributed by atoms with E-state index in [4.69, 9.17) is 4.74 Å². The lowest BCUT2D eigenvalue weighted by Crippen LogP contribution is -2.53. The molecular formula is C27H32N6O6. The first-order valence-electron chi connectivity index (χ1n) is 12.8. The first-order valence-corrected chi connectivity index (χ1v) is 12.8. The van der Waals surface area contributed by atoms with Crippen molar-refractivity contribution in [2.24, 2.45) is 0 Å². The second-order valence-electron chi connectivity index (χ2n) is 9.19. The van der Waals surface area contributed by atoms with Crippen LogP contribution >= 0.6 is 0 Å². The van der Waals surface area contributed by atoms with E-state index in [1.54, 1.807) is 29.2 Å². The molecule has 2 aliphatic rings. The fourth-order valence-electron chi connectivity index (χ4n) is 4.34. The van der Waals surface area contributed by atoms with Gasteiger partial charge in [0.05, 0.1) is 18.5 Å². The van der Waals surface area contributed by atoms with Crippen LogP contribution in [0.25, 0.3) is 0 Å². The van der Waals surface area contributed by atoms with Gasteiger partial charge in [-0.05, 0) is 17.7 Å². The number of nitrogens with one attached hydrogen (secondary N) is 5. The smallest absolute Gasteiger partial charge is 0.317 e. The maximum absolute atomic E-state index is 13.1. The molecule has 12 heteroatoms. The summed E-state index contributed by atoms with van der Waals surface area (Å²) in [5.41, 5.74) is 1.03. The Kier molecular flexibility index (Phi) is 9.33. The highest BCUT2D eigenvalue weighted by atomic mass is 16.5. The van der Waals surface area contributed by atoms with E-state index >= 15 is 0 Å². The van der Waals surface area contributed by atoms with Crippen LogP contribution in [0.2, 0.25) is 0 Å². The summed E-state index contributed by atoms with van der Waals surface area (Å²) < 4.78 is 5.75. The van der Waals surface area contributed by atoms with Crippen molar-refractivity contribution in [2.75, 3.05) is 39.3 Å². The molecule has 6 amide bonds. The van der Waals surface area contributed by atoms with E-state index in [0.717, 1.165) is 5.56 Å². The van der Waals surface area contributed by atoms with E-state index in [2.05, 4.69) is 26.6 Å². The Morgan fingerprint density at radius 1 is 0.949 bits per heavy atom. The van der Waals surface area contributed by atoms with Crippen LogP contribution in [-0.4, -0.2) is 86.0 Å². The van der Waals surface area contributed by atoms with E-state index in [-0.39, 0.29) is 50.0 Å². The van der Waals surface area contributed by atoms with Gasteiger partial charge in [-0.2, -0.15) is 0 Å². The lowest BCUT2D eigenvalue weighted by atomic mass is 10.0. The van der Waals surface area contributed by atoms with E-state index in [9.17, 15) is 24.0 Å². The normalized spacial score (nSPS) is 20.4. The molecule has 0 aromatic heterocycles. The maximum Gasteiger partial charge on any atom is 0.317 e. The van der Waals surface area contributed by atoms with Gasteiger partial charge in [-0.1, -0.05) is 42.5 Å². The van der Waals surface area contributed by atoms with Crippen LogP contribution in [0.3, 0.4) is 0 Å². The van der Waals surface area contributed by atoms with Gasteiger partial charge in [0.1, 0.15) is 24.4 Å². The van der Waals surface area contributed by atoms with E-state index in [1.807, 2.05) is 30.3 Å². The summed E-state index contributed by atoms with van der Waals surface area (Å²) in [5, 5.41) is 13.5. The fourth-order valence-corrected chi connectivity index (χ4v) is 4.34. The molecule has 1 saturated heterocycles. The second-order valence-corrected chi connectivity index (χ2v) is 9.19. The average molecular weight is 537 g/mol. The van der Waals surface area contributed by atoms with Crippen LogP contribution in [0.15, 0.2) is 54.6 Å². The molecule has 2 atom stereocenters. The highest BCUT2D eigenvalue weighted by molar-refractivity contribution is 6.01. The Balaban J connectivity index is 1.51. The molecule has 2 aromatic rings. The van der Waals surface area contributed by atoms with Gasteiger partial charge in [0.15, 0.2) is 0 Å². The van der Waals surface area contributed by atoms with Crippen molar-refractivity contribution in [3.8, 4) is 5.75 Å². The lowest BCUT2D eigenvalue weighted by Gasteiger charge is -2.23. The Morgan fingerprint density at radius 3 is 2.49 bits per heavy atom. The third-order valence-corrected chi connectivity index (χ3v) is 6.36. The largest absolute Gasteiger partial charge is 0.491 e. The zero-order chi connectivity index (χ0) is 27.6. The first kappa shape index (κ1) is 27.4. The van der Waals surface area contributed by atoms with E-state index < -0.39 is 42.1 Å². The highest BCUT2D eigenvalue weighted by Gasteiger charge is 2.29. The zero-order valence-corrected chi connectivity index (χ0v) is 21.4. The standard InChI is InChI=1S/C27H32N6O6/c34-23-17-21(26(37)28-10-13-33-14-11-30-27(33)38)32-24(35)19-8-4-5-9-22(19)39-15-12-29-25(36)20(31-23)16-18-6-2-1-3-7-18/h1-9,20-21H,10-17H2,(H,28,37)(H,29,36)(H,30,38)(H,31,34)(H,32,35)/t20-,21-/m0/s1. The van der Waals surface area contributed by atoms with E-state index in [1.165, 1.54) is 0 Å². The molecule has 0 saturated carbocycles. The number of rotatable bonds is 6. The predicted molar refractivity (Wildman–Crippen MR) is 141 cm³/mol. The van der Waals surface area contributed by atoms with Crippen LogP contribution in [-0.2, 0) is 20.8 Å². The number of hydrogen-bond acceptors (Lipinski definition) is 6. The number of benzene rings is 2. The minimum Gasteiger partial charge on any atom is -0.491 e. The third kappa shape index (κ3) is 7.69. The molecule has 12 nitrogen and oxygen atoms in total. The molecule has 2 heterocycles. The summed E-state index contributed by atoms with van der Waals surface area (Å²) >= 11 is 0. The average Bonchev–Trinajstić information content (AvgIpc) is 3.34. The Labute approximate surface area is 225 Å². The van der Waals surface area contributed by atoms with Crippen molar-refractivity contribution in [3.05, 3.63) is 65.7 Å². The highest BCUT2D eigenvalue weighted by Crippen LogP contribution is 2.18. The molecule has 5 N–H and O–H groups in total. The SMILES string of the molecule is O=C1C[C@@H](C(=O)NCCN2CCNC2=O)NC(=O)c2ccccc2OCCNC(=O)[C@H](Cc2ccccc2)N1. The molecule has 206 valence electrons. The lowest BCUT2D eigenvalue weighted by molar-refractivity contribution is -0.131. The monoisotopic (exact) mass is 536 g/mol. The summed E-state index contributed by atoms with van der Waals surface area (Å²) in [6.07, 6.45) is -0.160. The summed E-state index contributed by atoms with van der Waals surface area (Å²) in [6, 6.07) is 13.4. The molecule has 0 bridgehead atoms. The van der Waals surface area contributed by atoms with Crippen LogP contribution in [0, 0.1) is 0 Å². The number of hydrogen-bond donors (Lipinski definition) is 5. The number of ether oxygens (including phenoxy) is 1. The van der Waals surface area contributed by atoms with Gasteiger partial charge in [-0.3, -0.25) is 19.2 Å². The molecular weight excluding hydrogens is 504 g/mol. The number of fused-ring (bicyclic) bond motifs is 1. The molecule has 0 spiro atoms.